The van der Waals surface area contributed by atoms with E-state index in [0.717, 1.165) is 94.6 Å². The van der Waals surface area contributed by atoms with Crippen LogP contribution in [-0.4, -0.2) is 69.5 Å². The van der Waals surface area contributed by atoms with Crippen LogP contribution in [0, 0.1) is 16.7 Å². The van der Waals surface area contributed by atoms with Crippen LogP contribution >= 0.6 is 0 Å². The molecule has 3 fully saturated rings. The minimum atomic E-state index is -0.640. The number of methoxy groups -OCH3 is 3. The zero-order valence-corrected chi connectivity index (χ0v) is 34.6. The molecule has 2 amide bonds. The molecule has 0 bridgehead atoms. The van der Waals surface area contributed by atoms with Gasteiger partial charge in [-0.3, -0.25) is 14.4 Å². The fraction of sp³-hybridized carbons (Fsp3) is 0.614. The maximum Gasteiger partial charge on any atom is 0.407 e. The lowest BCUT2D eigenvalue weighted by Crippen LogP contribution is -2.54. The number of nitrogens with one attached hydrogen (secondary N) is 2. The highest BCUT2D eigenvalue weighted by molar-refractivity contribution is 5.79. The van der Waals surface area contributed by atoms with E-state index in [1.165, 1.54) is 21.3 Å². The third-order valence-corrected chi connectivity index (χ3v) is 11.9. The molecule has 0 radical (unpaired) electrons. The number of rotatable bonds is 11. The van der Waals surface area contributed by atoms with E-state index in [1.807, 2.05) is 74.5 Å². The second-order valence-electron chi connectivity index (χ2n) is 15.1. The fourth-order valence-corrected chi connectivity index (χ4v) is 8.33. The lowest BCUT2D eigenvalue weighted by molar-refractivity contribution is -0.157. The van der Waals surface area contributed by atoms with Crippen LogP contribution < -0.4 is 16.4 Å². The van der Waals surface area contributed by atoms with Gasteiger partial charge in [-0.25, -0.2) is 9.59 Å². The van der Waals surface area contributed by atoms with E-state index in [1.54, 1.807) is 0 Å². The normalized spacial score (nSPS) is 25.3. The summed E-state index contributed by atoms with van der Waals surface area (Å²) in [6, 6.07) is 18.5. The molecule has 0 aromatic heterocycles. The molecule has 13 nitrogen and oxygen atoms in total. The number of benzene rings is 2. The van der Waals surface area contributed by atoms with Crippen LogP contribution in [0.3, 0.4) is 0 Å². The number of hydrogen-bond donors (Lipinski definition) is 3. The molecular formula is C44H65N3O10. The third kappa shape index (κ3) is 13.5. The number of carbonyl (C=O) groups is 5. The SMILES string of the molecule is CC[C@@]1(C(=O)OC)CCCC[C@@H]1N.CC[C@@]1(C(=O)OC)CCCC[C@@H]1NC(=O)OCc1ccccc1.COC(=O)[C@H]1CCCC[C@@H]1NC(=O)OCc1ccccc1. The Balaban J connectivity index is 0.000000238. The third-order valence-electron chi connectivity index (χ3n) is 11.9. The number of ether oxygens (including phenoxy) is 5. The lowest BCUT2D eigenvalue weighted by atomic mass is 9.68. The van der Waals surface area contributed by atoms with Gasteiger partial charge in [0.1, 0.15) is 13.2 Å². The Morgan fingerprint density at radius 1 is 0.614 bits per heavy atom. The van der Waals surface area contributed by atoms with E-state index in [-0.39, 0.29) is 55.2 Å². The lowest BCUT2D eigenvalue weighted by Gasteiger charge is -2.41. The predicted molar refractivity (Wildman–Crippen MR) is 215 cm³/mol. The molecule has 0 unspecified atom stereocenters. The van der Waals surface area contributed by atoms with E-state index in [0.29, 0.717) is 6.42 Å². The molecule has 4 N–H and O–H groups in total. The maximum atomic E-state index is 12.3. The summed E-state index contributed by atoms with van der Waals surface area (Å²) in [6.45, 7) is 4.42. The summed E-state index contributed by atoms with van der Waals surface area (Å²) in [4.78, 5) is 59.6. The van der Waals surface area contributed by atoms with Crippen LogP contribution in [0.15, 0.2) is 60.7 Å². The Morgan fingerprint density at radius 2 is 1.09 bits per heavy atom. The van der Waals surface area contributed by atoms with Gasteiger partial charge in [0.15, 0.2) is 0 Å². The molecule has 0 spiro atoms. The molecule has 3 saturated carbocycles. The van der Waals surface area contributed by atoms with E-state index in [9.17, 15) is 24.0 Å². The Morgan fingerprint density at radius 3 is 1.60 bits per heavy atom. The van der Waals surface area contributed by atoms with Gasteiger partial charge in [-0.05, 0) is 62.5 Å². The molecule has 3 aliphatic carbocycles. The predicted octanol–water partition coefficient (Wildman–Crippen LogP) is 7.53. The highest BCUT2D eigenvalue weighted by Gasteiger charge is 2.48. The van der Waals surface area contributed by atoms with Crippen LogP contribution in [0.5, 0.6) is 0 Å². The summed E-state index contributed by atoms with van der Waals surface area (Å²) >= 11 is 0. The molecule has 2 aromatic rings. The number of hydrogen-bond acceptors (Lipinski definition) is 11. The molecule has 13 heteroatoms. The van der Waals surface area contributed by atoms with Crippen molar-refractivity contribution < 1.29 is 47.7 Å². The first kappa shape index (κ1) is 46.7. The van der Waals surface area contributed by atoms with Crippen LogP contribution in [0.2, 0.25) is 0 Å². The highest BCUT2D eigenvalue weighted by Crippen LogP contribution is 2.41. The minimum Gasteiger partial charge on any atom is -0.469 e. The Hall–Kier alpha value is -4.65. The second-order valence-corrected chi connectivity index (χ2v) is 15.1. The molecule has 57 heavy (non-hydrogen) atoms. The number of amides is 2. The van der Waals surface area contributed by atoms with Crippen molar-refractivity contribution in [3.05, 3.63) is 71.8 Å². The van der Waals surface area contributed by atoms with Gasteiger partial charge in [-0.15, -0.1) is 0 Å². The van der Waals surface area contributed by atoms with E-state index >= 15 is 0 Å². The summed E-state index contributed by atoms with van der Waals surface area (Å²) in [7, 11) is 4.22. The molecule has 0 aliphatic heterocycles. The van der Waals surface area contributed by atoms with Crippen LogP contribution in [0.4, 0.5) is 9.59 Å². The average Bonchev–Trinajstić information content (AvgIpc) is 3.26. The van der Waals surface area contributed by atoms with Crippen molar-refractivity contribution in [2.75, 3.05) is 21.3 Å². The van der Waals surface area contributed by atoms with Crippen molar-refractivity contribution >= 4 is 30.1 Å². The molecule has 0 saturated heterocycles. The van der Waals surface area contributed by atoms with Crippen molar-refractivity contribution in [2.45, 2.75) is 135 Å². The Bertz CT molecular complexity index is 1540. The van der Waals surface area contributed by atoms with Gasteiger partial charge < -0.3 is 40.1 Å². The molecular weight excluding hydrogens is 730 g/mol. The van der Waals surface area contributed by atoms with Gasteiger partial charge in [-0.1, -0.05) is 113 Å². The zero-order chi connectivity index (χ0) is 41.7. The van der Waals surface area contributed by atoms with Crippen LogP contribution in [0.1, 0.15) is 115 Å². The molecule has 6 atom stereocenters. The van der Waals surface area contributed by atoms with Gasteiger partial charge in [-0.2, -0.15) is 0 Å². The molecule has 3 aliphatic rings. The van der Waals surface area contributed by atoms with Gasteiger partial charge in [0, 0.05) is 18.1 Å². The quantitative estimate of drug-likeness (QED) is 0.151. The molecule has 5 rings (SSSR count). The average molecular weight is 796 g/mol. The van der Waals surface area contributed by atoms with Crippen molar-refractivity contribution in [3.8, 4) is 0 Å². The number of alkyl carbamates (subject to hydrolysis) is 2. The van der Waals surface area contributed by atoms with Crippen LogP contribution in [-0.2, 0) is 51.3 Å². The summed E-state index contributed by atoms with van der Waals surface area (Å²) in [5.74, 6) is -0.897. The largest absolute Gasteiger partial charge is 0.469 e. The van der Waals surface area contributed by atoms with Crippen molar-refractivity contribution in [3.63, 3.8) is 0 Å². The van der Waals surface area contributed by atoms with E-state index in [2.05, 4.69) is 10.6 Å². The summed E-state index contributed by atoms with van der Waals surface area (Å²) in [5, 5.41) is 5.68. The summed E-state index contributed by atoms with van der Waals surface area (Å²) in [6.07, 6.45) is 11.5. The summed E-state index contributed by atoms with van der Waals surface area (Å²) < 4.78 is 25.1. The number of nitrogens with two attached hydrogens (primary N) is 1. The van der Waals surface area contributed by atoms with E-state index in [4.69, 9.17) is 29.4 Å². The van der Waals surface area contributed by atoms with Gasteiger partial charge in [0.05, 0.1) is 38.1 Å². The first-order chi connectivity index (χ1) is 27.5. The monoisotopic (exact) mass is 795 g/mol. The standard InChI is InChI=1S/C18H25NO4.C16H21NO4.C10H19NO2/c1-3-18(16(20)22-2)12-8-7-11-15(18)19-17(21)23-13-14-9-5-4-6-10-14;1-20-15(18)13-9-5-6-10-14(13)17-16(19)21-11-12-7-3-2-4-8-12;1-3-10(9(12)13-2)7-5-4-6-8(10)11/h4-6,9-10,15H,3,7-8,11-13H2,1-2H3,(H,19,21);2-4,7-8,13-14H,5-6,9-11H2,1H3,(H,17,19);8H,3-7,11H2,1-2H3/t15-,18+;13-,14-;8-,10+/m000/s1. The Labute approximate surface area is 338 Å². The van der Waals surface area contributed by atoms with Crippen molar-refractivity contribution in [1.82, 2.24) is 10.6 Å². The first-order valence-corrected chi connectivity index (χ1v) is 20.4. The molecule has 2 aromatic carbocycles. The van der Waals surface area contributed by atoms with Crippen molar-refractivity contribution in [1.29, 1.82) is 0 Å². The topological polar surface area (TPSA) is 182 Å². The maximum absolute atomic E-state index is 12.3. The fourth-order valence-electron chi connectivity index (χ4n) is 8.33. The molecule has 0 heterocycles. The zero-order valence-electron chi connectivity index (χ0n) is 34.6. The number of esters is 3. The van der Waals surface area contributed by atoms with Gasteiger partial charge in [0.25, 0.3) is 0 Å². The minimum absolute atomic E-state index is 0.0151. The van der Waals surface area contributed by atoms with E-state index < -0.39 is 23.0 Å². The van der Waals surface area contributed by atoms with Crippen molar-refractivity contribution in [2.24, 2.45) is 22.5 Å². The van der Waals surface area contributed by atoms with Gasteiger partial charge >= 0.3 is 30.1 Å². The Kier molecular flexibility index (Phi) is 19.8. The smallest absolute Gasteiger partial charge is 0.407 e. The number of carbonyl (C=O) groups excluding carboxylic acids is 5. The highest BCUT2D eigenvalue weighted by atomic mass is 16.6. The van der Waals surface area contributed by atoms with Crippen LogP contribution in [0.25, 0.3) is 0 Å². The first-order valence-electron chi connectivity index (χ1n) is 20.4. The summed E-state index contributed by atoms with van der Waals surface area (Å²) in [5.41, 5.74) is 6.83. The second kappa shape index (κ2) is 24.2. The van der Waals surface area contributed by atoms with Gasteiger partial charge in [0.2, 0.25) is 0 Å². The molecule has 316 valence electrons.